The van der Waals surface area contributed by atoms with Gasteiger partial charge in [-0.15, -0.1) is 11.3 Å². The maximum atomic E-state index is 10.2. The fraction of sp³-hybridized carbons (Fsp3) is 0.444. The molecule has 5 heteroatoms. The molecule has 1 aliphatic rings. The SMILES string of the molecule is OC(COCc1cccs1)CN1CCOC(c2ccccc2)C1. The van der Waals surface area contributed by atoms with Gasteiger partial charge >= 0.3 is 0 Å². The summed E-state index contributed by atoms with van der Waals surface area (Å²) in [4.78, 5) is 3.44. The van der Waals surface area contributed by atoms with E-state index in [1.165, 1.54) is 10.4 Å². The van der Waals surface area contributed by atoms with Crippen LogP contribution in [0, 0.1) is 0 Å². The summed E-state index contributed by atoms with van der Waals surface area (Å²) in [6, 6.07) is 14.3. The molecule has 1 aromatic heterocycles. The highest BCUT2D eigenvalue weighted by atomic mass is 32.1. The van der Waals surface area contributed by atoms with Crippen LogP contribution in [-0.4, -0.2) is 49.0 Å². The van der Waals surface area contributed by atoms with E-state index in [0.29, 0.717) is 26.4 Å². The van der Waals surface area contributed by atoms with Crippen LogP contribution in [0.15, 0.2) is 47.8 Å². The molecule has 0 amide bonds. The second-order valence-corrected chi connectivity index (χ2v) is 6.81. The number of aliphatic hydroxyl groups is 1. The zero-order valence-corrected chi connectivity index (χ0v) is 14.0. The molecule has 0 aliphatic carbocycles. The number of thiophene rings is 1. The summed E-state index contributed by atoms with van der Waals surface area (Å²) in [7, 11) is 0. The maximum absolute atomic E-state index is 10.2. The van der Waals surface area contributed by atoms with Gasteiger partial charge in [0.15, 0.2) is 0 Å². The van der Waals surface area contributed by atoms with Crippen molar-refractivity contribution in [2.75, 3.05) is 32.8 Å². The highest BCUT2D eigenvalue weighted by Gasteiger charge is 2.23. The topological polar surface area (TPSA) is 41.9 Å². The molecule has 4 nitrogen and oxygen atoms in total. The molecule has 1 saturated heterocycles. The molecule has 2 unspecified atom stereocenters. The highest BCUT2D eigenvalue weighted by molar-refractivity contribution is 7.09. The van der Waals surface area contributed by atoms with E-state index in [9.17, 15) is 5.11 Å². The molecule has 23 heavy (non-hydrogen) atoms. The number of nitrogens with zero attached hydrogens (tertiary/aromatic N) is 1. The lowest BCUT2D eigenvalue weighted by molar-refractivity contribution is -0.0535. The van der Waals surface area contributed by atoms with Crippen LogP contribution in [0.2, 0.25) is 0 Å². The van der Waals surface area contributed by atoms with E-state index in [4.69, 9.17) is 9.47 Å². The summed E-state index contributed by atoms with van der Waals surface area (Å²) >= 11 is 1.67. The molecule has 2 aromatic rings. The first-order chi connectivity index (χ1) is 11.3. The number of hydrogen-bond acceptors (Lipinski definition) is 5. The van der Waals surface area contributed by atoms with Crippen LogP contribution in [0.1, 0.15) is 16.5 Å². The van der Waals surface area contributed by atoms with Crippen molar-refractivity contribution in [2.24, 2.45) is 0 Å². The normalized spacial score (nSPS) is 20.5. The minimum atomic E-state index is -0.468. The maximum Gasteiger partial charge on any atom is 0.0952 e. The molecule has 2 atom stereocenters. The van der Waals surface area contributed by atoms with Crippen LogP contribution >= 0.6 is 11.3 Å². The zero-order valence-electron chi connectivity index (χ0n) is 13.1. The lowest BCUT2D eigenvalue weighted by atomic mass is 10.1. The molecule has 2 heterocycles. The lowest BCUT2D eigenvalue weighted by Crippen LogP contribution is -2.43. The third-order valence-corrected chi connectivity index (χ3v) is 4.78. The minimum absolute atomic E-state index is 0.0872. The molecule has 1 fully saturated rings. The van der Waals surface area contributed by atoms with Crippen molar-refractivity contribution in [2.45, 2.75) is 18.8 Å². The van der Waals surface area contributed by atoms with Crippen LogP contribution in [0.25, 0.3) is 0 Å². The largest absolute Gasteiger partial charge is 0.389 e. The Morgan fingerprint density at radius 3 is 2.91 bits per heavy atom. The van der Waals surface area contributed by atoms with Crippen LogP contribution in [0.4, 0.5) is 0 Å². The number of ether oxygens (including phenoxy) is 2. The van der Waals surface area contributed by atoms with Crippen LogP contribution in [0.3, 0.4) is 0 Å². The predicted octanol–water partition coefficient (Wildman–Crippen LogP) is 2.70. The highest BCUT2D eigenvalue weighted by Crippen LogP contribution is 2.22. The summed E-state index contributed by atoms with van der Waals surface area (Å²) in [6.07, 6.45) is -0.381. The van der Waals surface area contributed by atoms with Gasteiger partial charge in [-0.1, -0.05) is 36.4 Å². The summed E-state index contributed by atoms with van der Waals surface area (Å²) < 4.78 is 11.4. The number of benzene rings is 1. The van der Waals surface area contributed by atoms with E-state index in [0.717, 1.165) is 13.1 Å². The molecule has 1 aliphatic heterocycles. The Morgan fingerprint density at radius 2 is 2.13 bits per heavy atom. The number of morpholine rings is 1. The van der Waals surface area contributed by atoms with E-state index in [2.05, 4.69) is 17.0 Å². The Hall–Kier alpha value is -1.24. The molecule has 1 aromatic carbocycles. The number of rotatable bonds is 7. The van der Waals surface area contributed by atoms with Gasteiger partial charge in [-0.3, -0.25) is 4.90 Å². The van der Waals surface area contributed by atoms with Crippen molar-refractivity contribution in [3.63, 3.8) is 0 Å². The predicted molar refractivity (Wildman–Crippen MR) is 91.6 cm³/mol. The Labute approximate surface area is 141 Å². The van der Waals surface area contributed by atoms with Crippen molar-refractivity contribution < 1.29 is 14.6 Å². The Bertz CT molecular complexity index is 561. The fourth-order valence-electron chi connectivity index (χ4n) is 2.78. The third kappa shape index (κ3) is 5.12. The van der Waals surface area contributed by atoms with E-state index in [-0.39, 0.29) is 6.10 Å². The van der Waals surface area contributed by atoms with Gasteiger partial charge in [0, 0.05) is 24.5 Å². The number of aliphatic hydroxyl groups excluding tert-OH is 1. The monoisotopic (exact) mass is 333 g/mol. The fourth-order valence-corrected chi connectivity index (χ4v) is 3.42. The quantitative estimate of drug-likeness (QED) is 0.846. The molecular weight excluding hydrogens is 310 g/mol. The first-order valence-electron chi connectivity index (χ1n) is 7.98. The van der Waals surface area contributed by atoms with E-state index >= 15 is 0 Å². The molecule has 0 radical (unpaired) electrons. The van der Waals surface area contributed by atoms with Gasteiger partial charge in [0.25, 0.3) is 0 Å². The van der Waals surface area contributed by atoms with Gasteiger partial charge in [0.05, 0.1) is 32.0 Å². The standard InChI is InChI=1S/C18H23NO3S/c20-16(13-21-14-17-7-4-10-23-17)11-19-8-9-22-18(12-19)15-5-2-1-3-6-15/h1-7,10,16,18,20H,8-9,11-14H2. The molecule has 0 bridgehead atoms. The molecule has 0 saturated carbocycles. The van der Waals surface area contributed by atoms with Crippen molar-refractivity contribution in [3.8, 4) is 0 Å². The summed E-state index contributed by atoms with van der Waals surface area (Å²) in [5.74, 6) is 0. The van der Waals surface area contributed by atoms with Crippen LogP contribution < -0.4 is 0 Å². The number of hydrogen-bond donors (Lipinski definition) is 1. The average Bonchev–Trinajstić information content (AvgIpc) is 3.09. The molecule has 0 spiro atoms. The Kier molecular flexibility index (Phi) is 6.19. The lowest BCUT2D eigenvalue weighted by Gasteiger charge is -2.34. The van der Waals surface area contributed by atoms with Crippen molar-refractivity contribution in [3.05, 3.63) is 58.3 Å². The second-order valence-electron chi connectivity index (χ2n) is 5.78. The summed E-state index contributed by atoms with van der Waals surface area (Å²) in [5, 5.41) is 12.2. The third-order valence-electron chi connectivity index (χ3n) is 3.93. The van der Waals surface area contributed by atoms with Gasteiger partial charge in [-0.05, 0) is 17.0 Å². The van der Waals surface area contributed by atoms with E-state index in [1.54, 1.807) is 11.3 Å². The van der Waals surface area contributed by atoms with Crippen LogP contribution in [-0.2, 0) is 16.1 Å². The first kappa shape index (κ1) is 16.6. The smallest absolute Gasteiger partial charge is 0.0952 e. The molecule has 1 N–H and O–H groups in total. The van der Waals surface area contributed by atoms with Gasteiger partial charge in [-0.25, -0.2) is 0 Å². The summed E-state index contributed by atoms with van der Waals surface area (Å²) in [6.45, 7) is 3.92. The minimum Gasteiger partial charge on any atom is -0.389 e. The Balaban J connectivity index is 1.42. The second kappa shape index (κ2) is 8.57. The first-order valence-corrected chi connectivity index (χ1v) is 8.86. The van der Waals surface area contributed by atoms with Gasteiger partial charge in [-0.2, -0.15) is 0 Å². The van der Waals surface area contributed by atoms with Gasteiger partial charge < -0.3 is 14.6 Å². The van der Waals surface area contributed by atoms with Crippen molar-refractivity contribution in [1.29, 1.82) is 0 Å². The summed E-state index contributed by atoms with van der Waals surface area (Å²) in [5.41, 5.74) is 1.20. The molecule has 124 valence electrons. The van der Waals surface area contributed by atoms with E-state index < -0.39 is 6.10 Å². The van der Waals surface area contributed by atoms with Gasteiger partial charge in [0.1, 0.15) is 0 Å². The zero-order chi connectivity index (χ0) is 15.9. The van der Waals surface area contributed by atoms with Crippen molar-refractivity contribution in [1.82, 2.24) is 4.90 Å². The Morgan fingerprint density at radius 1 is 1.26 bits per heavy atom. The van der Waals surface area contributed by atoms with Crippen LogP contribution in [0.5, 0.6) is 0 Å². The van der Waals surface area contributed by atoms with E-state index in [1.807, 2.05) is 35.7 Å². The average molecular weight is 333 g/mol. The molecular formula is C18H23NO3S. The van der Waals surface area contributed by atoms with Crippen molar-refractivity contribution >= 4 is 11.3 Å². The number of β-amino-alcohol motifs (C(OH)–C–C–N with tert-alkyl or cyclic N) is 1. The van der Waals surface area contributed by atoms with Gasteiger partial charge in [0.2, 0.25) is 0 Å². The molecule has 3 rings (SSSR count).